The van der Waals surface area contributed by atoms with Gasteiger partial charge in [-0.1, -0.05) is 38.5 Å². The Bertz CT molecular complexity index is 1240. The van der Waals surface area contributed by atoms with Gasteiger partial charge in [-0.3, -0.25) is 9.48 Å². The van der Waals surface area contributed by atoms with Gasteiger partial charge in [-0.15, -0.1) is 0 Å². The Morgan fingerprint density at radius 1 is 1.15 bits per heavy atom. The highest BCUT2D eigenvalue weighted by Crippen LogP contribution is 2.34. The van der Waals surface area contributed by atoms with E-state index in [-0.39, 0.29) is 29.8 Å². The number of rotatable bonds is 9. The number of ether oxygens (including phenoxy) is 1. The van der Waals surface area contributed by atoms with Crippen molar-refractivity contribution in [1.82, 2.24) is 14.1 Å². The van der Waals surface area contributed by atoms with Gasteiger partial charge in [0.25, 0.3) is 0 Å². The molecule has 1 aliphatic rings. The third kappa shape index (κ3) is 4.74. The van der Waals surface area contributed by atoms with Gasteiger partial charge in [0.15, 0.2) is 0 Å². The van der Waals surface area contributed by atoms with Crippen LogP contribution in [0.5, 0.6) is 5.75 Å². The molecule has 9 heteroatoms. The number of unbranched alkanes of at least 4 members (excludes halogenated alkanes) is 1. The van der Waals surface area contributed by atoms with E-state index < -0.39 is 16.0 Å². The fourth-order valence-electron chi connectivity index (χ4n) is 4.29. The van der Waals surface area contributed by atoms with Crippen LogP contribution in [0.25, 0.3) is 10.9 Å². The van der Waals surface area contributed by atoms with E-state index in [1.807, 2.05) is 31.2 Å². The van der Waals surface area contributed by atoms with Gasteiger partial charge < -0.3 is 9.84 Å². The molecule has 8 nitrogen and oxygen atoms in total. The number of hydrogen-bond acceptors (Lipinski definition) is 5. The third-order valence-corrected chi connectivity index (χ3v) is 7.94. The van der Waals surface area contributed by atoms with E-state index in [4.69, 9.17) is 4.74 Å². The van der Waals surface area contributed by atoms with Gasteiger partial charge in [0.2, 0.25) is 10.0 Å². The SMILES string of the molecule is CCCCOc1ccc(S(=O)(=O)N2C[C@@H](C)[C@@H](n3nc(CC(=O)O)c4ccccc43)C2)cc1. The normalized spacial score (nSPS) is 19.2. The quantitative estimate of drug-likeness (QED) is 0.477. The fraction of sp³-hybridized carbons (Fsp3) is 0.417. The second kappa shape index (κ2) is 9.52. The van der Waals surface area contributed by atoms with Crippen LogP contribution in [0, 0.1) is 5.92 Å². The van der Waals surface area contributed by atoms with Crippen LogP contribution in [-0.4, -0.2) is 53.3 Å². The van der Waals surface area contributed by atoms with Crippen molar-refractivity contribution in [1.29, 1.82) is 0 Å². The number of para-hydroxylation sites is 1. The van der Waals surface area contributed by atoms with E-state index in [0.717, 1.165) is 23.7 Å². The molecule has 1 aromatic heterocycles. The lowest BCUT2D eigenvalue weighted by Crippen LogP contribution is -2.29. The maximum Gasteiger partial charge on any atom is 0.309 e. The van der Waals surface area contributed by atoms with Crippen LogP contribution in [-0.2, 0) is 21.2 Å². The number of aliphatic carboxylic acids is 1. The van der Waals surface area contributed by atoms with Crippen LogP contribution in [0.4, 0.5) is 0 Å². The smallest absolute Gasteiger partial charge is 0.309 e. The molecule has 4 rings (SSSR count). The van der Waals surface area contributed by atoms with Crippen LogP contribution in [0.2, 0.25) is 0 Å². The van der Waals surface area contributed by atoms with E-state index in [1.54, 1.807) is 28.9 Å². The predicted molar refractivity (Wildman–Crippen MR) is 125 cm³/mol. The van der Waals surface area contributed by atoms with Gasteiger partial charge in [-0.05, 0) is 42.7 Å². The Hall–Kier alpha value is -2.91. The van der Waals surface area contributed by atoms with E-state index in [9.17, 15) is 18.3 Å². The minimum atomic E-state index is -3.68. The standard InChI is InChI=1S/C24H29N3O5S/c1-3-4-13-32-18-9-11-19(12-10-18)33(30,31)26-15-17(2)23(16-26)27-22-8-6-5-7-20(22)21(25-27)14-24(28)29/h5-12,17,23H,3-4,13-16H2,1-2H3,(H,28,29)/t17-,23+/m1/s1. The summed E-state index contributed by atoms with van der Waals surface area (Å²) in [6, 6.07) is 13.9. The van der Waals surface area contributed by atoms with Crippen LogP contribution in [0.15, 0.2) is 53.4 Å². The molecule has 1 aliphatic heterocycles. The lowest BCUT2D eigenvalue weighted by Gasteiger charge is -2.18. The molecule has 2 aromatic carbocycles. The number of aromatic nitrogens is 2. The van der Waals surface area contributed by atoms with Crippen molar-refractivity contribution in [2.75, 3.05) is 19.7 Å². The van der Waals surface area contributed by atoms with Crippen molar-refractivity contribution < 1.29 is 23.1 Å². The highest BCUT2D eigenvalue weighted by atomic mass is 32.2. The number of hydrogen-bond donors (Lipinski definition) is 1. The van der Waals surface area contributed by atoms with Gasteiger partial charge in [0.05, 0.1) is 35.2 Å². The number of nitrogens with zero attached hydrogens (tertiary/aromatic N) is 3. The van der Waals surface area contributed by atoms with Gasteiger partial charge >= 0.3 is 5.97 Å². The Kier molecular flexibility index (Phi) is 6.71. The predicted octanol–water partition coefficient (Wildman–Crippen LogP) is 3.72. The second-order valence-corrected chi connectivity index (χ2v) is 10.5. The molecule has 0 aliphatic carbocycles. The molecule has 3 aromatic rings. The minimum absolute atomic E-state index is 0.0115. The van der Waals surface area contributed by atoms with Crippen LogP contribution in [0.3, 0.4) is 0 Å². The van der Waals surface area contributed by atoms with Gasteiger partial charge in [0, 0.05) is 18.5 Å². The largest absolute Gasteiger partial charge is 0.494 e. The summed E-state index contributed by atoms with van der Waals surface area (Å²) in [7, 11) is -3.68. The summed E-state index contributed by atoms with van der Waals surface area (Å²) in [6.07, 6.45) is 1.80. The summed E-state index contributed by atoms with van der Waals surface area (Å²) in [5.41, 5.74) is 1.31. The molecule has 33 heavy (non-hydrogen) atoms. The minimum Gasteiger partial charge on any atom is -0.494 e. The molecule has 0 unspecified atom stereocenters. The maximum absolute atomic E-state index is 13.3. The van der Waals surface area contributed by atoms with Crippen molar-refractivity contribution >= 4 is 26.9 Å². The monoisotopic (exact) mass is 471 g/mol. The van der Waals surface area contributed by atoms with Crippen LogP contribution < -0.4 is 4.74 Å². The molecule has 2 heterocycles. The summed E-state index contributed by atoms with van der Waals surface area (Å²) >= 11 is 0. The molecule has 176 valence electrons. The Labute approximate surface area is 193 Å². The van der Waals surface area contributed by atoms with Gasteiger partial charge in [-0.2, -0.15) is 9.40 Å². The van der Waals surface area contributed by atoms with Crippen molar-refractivity contribution in [3.05, 3.63) is 54.2 Å². The molecule has 2 atom stereocenters. The summed E-state index contributed by atoms with van der Waals surface area (Å²) in [5.74, 6) is -0.280. The fourth-order valence-corrected chi connectivity index (χ4v) is 5.85. The maximum atomic E-state index is 13.3. The van der Waals surface area contributed by atoms with Crippen molar-refractivity contribution in [2.45, 2.75) is 44.0 Å². The van der Waals surface area contributed by atoms with Gasteiger partial charge in [0.1, 0.15) is 5.75 Å². The molecular weight excluding hydrogens is 442 g/mol. The van der Waals surface area contributed by atoms with Crippen molar-refractivity contribution in [3.63, 3.8) is 0 Å². The lowest BCUT2D eigenvalue weighted by molar-refractivity contribution is -0.136. The van der Waals surface area contributed by atoms with Crippen LogP contribution in [0.1, 0.15) is 38.4 Å². The first kappa shape index (κ1) is 23.3. The molecule has 0 spiro atoms. The Balaban J connectivity index is 1.57. The second-order valence-electron chi connectivity index (χ2n) is 8.52. The van der Waals surface area contributed by atoms with Crippen molar-refractivity contribution in [2.24, 2.45) is 5.92 Å². The van der Waals surface area contributed by atoms with Crippen LogP contribution >= 0.6 is 0 Å². The average Bonchev–Trinajstić information content (AvgIpc) is 3.35. The highest BCUT2D eigenvalue weighted by Gasteiger charge is 2.39. The third-order valence-electron chi connectivity index (χ3n) is 6.09. The summed E-state index contributed by atoms with van der Waals surface area (Å²) < 4.78 is 35.6. The topological polar surface area (TPSA) is 102 Å². The van der Waals surface area contributed by atoms with E-state index >= 15 is 0 Å². The molecule has 0 bridgehead atoms. The average molecular weight is 472 g/mol. The molecule has 1 saturated heterocycles. The number of fused-ring (bicyclic) bond motifs is 1. The van der Waals surface area contributed by atoms with E-state index in [2.05, 4.69) is 12.0 Å². The molecular formula is C24H29N3O5S. The number of sulfonamides is 1. The lowest BCUT2D eigenvalue weighted by atomic mass is 10.1. The summed E-state index contributed by atoms with van der Waals surface area (Å²) in [4.78, 5) is 11.5. The summed E-state index contributed by atoms with van der Waals surface area (Å²) in [5, 5.41) is 14.6. The molecule has 1 fully saturated rings. The Morgan fingerprint density at radius 3 is 2.58 bits per heavy atom. The van der Waals surface area contributed by atoms with Gasteiger partial charge in [-0.25, -0.2) is 8.42 Å². The van der Waals surface area contributed by atoms with Crippen molar-refractivity contribution in [3.8, 4) is 5.75 Å². The zero-order chi connectivity index (χ0) is 23.6. The number of carboxylic acid groups (broad SMARTS) is 1. The zero-order valence-electron chi connectivity index (χ0n) is 18.8. The number of carboxylic acids is 1. The Morgan fingerprint density at radius 2 is 1.88 bits per heavy atom. The number of carbonyl (C=O) groups is 1. The van der Waals surface area contributed by atoms with E-state index in [1.165, 1.54) is 4.31 Å². The first-order valence-electron chi connectivity index (χ1n) is 11.2. The number of benzene rings is 2. The molecule has 0 saturated carbocycles. The highest BCUT2D eigenvalue weighted by molar-refractivity contribution is 7.89. The zero-order valence-corrected chi connectivity index (χ0v) is 19.7. The summed E-state index contributed by atoms with van der Waals surface area (Å²) in [6.45, 7) is 5.33. The van der Waals surface area contributed by atoms with E-state index in [0.29, 0.717) is 24.6 Å². The first-order valence-corrected chi connectivity index (χ1v) is 12.7. The first-order chi connectivity index (χ1) is 15.8. The molecule has 0 amide bonds. The molecule has 1 N–H and O–H groups in total. The molecule has 0 radical (unpaired) electrons.